The average molecular weight is 486 g/mol. The summed E-state index contributed by atoms with van der Waals surface area (Å²) in [6, 6.07) is 9.15. The maximum Gasteiger partial charge on any atom is 0.259 e. The second-order valence-electron chi connectivity index (χ2n) is 6.85. The predicted molar refractivity (Wildman–Crippen MR) is 122 cm³/mol. The molecule has 2 heterocycles. The summed E-state index contributed by atoms with van der Waals surface area (Å²) in [7, 11) is 0. The molecule has 1 amide bonds. The number of amides is 1. The van der Waals surface area contributed by atoms with E-state index in [0.717, 1.165) is 15.7 Å². The van der Waals surface area contributed by atoms with Crippen molar-refractivity contribution in [3.05, 3.63) is 51.6 Å². The van der Waals surface area contributed by atoms with Gasteiger partial charge in [0.05, 0.1) is 11.3 Å². The third kappa shape index (κ3) is 5.92. The second-order valence-corrected chi connectivity index (χ2v) is 7.64. The SMILES string of the molecule is CS.Cc1nc(N2CCCC(F)(F)CC2)c(C(=O)Nc2ccccc2)c(C)c1Br. The van der Waals surface area contributed by atoms with Gasteiger partial charge in [0.1, 0.15) is 5.82 Å². The monoisotopic (exact) mass is 485 g/mol. The van der Waals surface area contributed by atoms with Crippen molar-refractivity contribution in [3.8, 4) is 0 Å². The molecule has 4 nitrogen and oxygen atoms in total. The lowest BCUT2D eigenvalue weighted by molar-refractivity contribution is -0.0102. The normalized spacial score (nSPS) is 15.8. The van der Waals surface area contributed by atoms with E-state index < -0.39 is 5.92 Å². The molecule has 1 saturated heterocycles. The second kappa shape index (κ2) is 10.4. The van der Waals surface area contributed by atoms with Gasteiger partial charge in [-0.05, 0) is 60.2 Å². The van der Waals surface area contributed by atoms with Crippen LogP contribution in [-0.2, 0) is 0 Å². The van der Waals surface area contributed by atoms with Crippen LogP contribution in [0.25, 0.3) is 0 Å². The third-order valence-electron chi connectivity index (χ3n) is 4.80. The van der Waals surface area contributed by atoms with Gasteiger partial charge in [0, 0.05) is 36.1 Å². The van der Waals surface area contributed by atoms with Crippen molar-refractivity contribution in [2.75, 3.05) is 29.6 Å². The number of hydrogen-bond acceptors (Lipinski definition) is 4. The van der Waals surface area contributed by atoms with E-state index in [-0.39, 0.29) is 25.3 Å². The zero-order valence-corrected chi connectivity index (χ0v) is 19.3. The molecule has 1 aromatic heterocycles. The minimum atomic E-state index is -2.67. The topological polar surface area (TPSA) is 45.2 Å². The minimum Gasteiger partial charge on any atom is -0.356 e. The van der Waals surface area contributed by atoms with Crippen molar-refractivity contribution in [1.29, 1.82) is 0 Å². The van der Waals surface area contributed by atoms with Gasteiger partial charge in [-0.25, -0.2) is 13.8 Å². The highest BCUT2D eigenvalue weighted by Crippen LogP contribution is 2.34. The summed E-state index contributed by atoms with van der Waals surface area (Å²) in [5.41, 5.74) is 2.57. The van der Waals surface area contributed by atoms with Crippen LogP contribution in [0, 0.1) is 13.8 Å². The Morgan fingerprint density at radius 2 is 1.83 bits per heavy atom. The Hall–Kier alpha value is -1.67. The van der Waals surface area contributed by atoms with Gasteiger partial charge in [-0.3, -0.25) is 4.79 Å². The van der Waals surface area contributed by atoms with Crippen molar-refractivity contribution < 1.29 is 13.6 Å². The Morgan fingerprint density at radius 3 is 2.48 bits per heavy atom. The highest BCUT2D eigenvalue weighted by Gasteiger charge is 2.33. The van der Waals surface area contributed by atoms with Gasteiger partial charge in [-0.1, -0.05) is 18.2 Å². The van der Waals surface area contributed by atoms with E-state index in [4.69, 9.17) is 0 Å². The molecule has 2 aromatic rings. The maximum absolute atomic E-state index is 13.8. The summed E-state index contributed by atoms with van der Waals surface area (Å²) in [4.78, 5) is 19.4. The van der Waals surface area contributed by atoms with E-state index in [1.165, 1.54) is 0 Å². The van der Waals surface area contributed by atoms with Crippen LogP contribution in [-0.4, -0.2) is 36.2 Å². The van der Waals surface area contributed by atoms with Crippen LogP contribution in [0.5, 0.6) is 0 Å². The van der Waals surface area contributed by atoms with Gasteiger partial charge in [0.15, 0.2) is 0 Å². The molecule has 0 saturated carbocycles. The molecule has 0 radical (unpaired) electrons. The molecule has 1 fully saturated rings. The summed E-state index contributed by atoms with van der Waals surface area (Å²) < 4.78 is 28.3. The molecule has 158 valence electrons. The fraction of sp³-hybridized carbons (Fsp3) is 0.429. The minimum absolute atomic E-state index is 0.135. The molecule has 0 unspecified atom stereocenters. The Bertz CT molecular complexity index is 850. The smallest absolute Gasteiger partial charge is 0.259 e. The summed E-state index contributed by atoms with van der Waals surface area (Å²) >= 11 is 7.02. The number of alkyl halides is 2. The Balaban J connectivity index is 0.00000145. The average Bonchev–Trinajstić information content (AvgIpc) is 2.88. The van der Waals surface area contributed by atoms with Gasteiger partial charge >= 0.3 is 0 Å². The number of thiol groups is 1. The molecule has 8 heteroatoms. The Kier molecular flexibility index (Phi) is 8.46. The van der Waals surface area contributed by atoms with Crippen LogP contribution < -0.4 is 10.2 Å². The first-order valence-electron chi connectivity index (χ1n) is 9.39. The van der Waals surface area contributed by atoms with Crippen molar-refractivity contribution in [2.45, 2.75) is 39.0 Å². The zero-order chi connectivity index (χ0) is 21.6. The van der Waals surface area contributed by atoms with Gasteiger partial charge < -0.3 is 10.2 Å². The van der Waals surface area contributed by atoms with Crippen LogP contribution in [0.15, 0.2) is 34.8 Å². The standard InChI is InChI=1S/C20H22BrF2N3O.CH4S/c1-13-16(19(27)25-15-7-4-3-5-8-15)18(24-14(2)17(13)21)26-11-6-9-20(22,23)10-12-26;1-2/h3-5,7-8H,6,9-12H2,1-2H3,(H,25,27);2H,1H3. The molecule has 1 aliphatic heterocycles. The number of nitrogens with zero attached hydrogens (tertiary/aromatic N) is 2. The number of halogens is 3. The molecule has 0 atom stereocenters. The lowest BCUT2D eigenvalue weighted by Gasteiger charge is -2.26. The number of rotatable bonds is 3. The Morgan fingerprint density at radius 1 is 1.17 bits per heavy atom. The molecular weight excluding hydrogens is 460 g/mol. The van der Waals surface area contributed by atoms with Crippen LogP contribution in [0.1, 0.15) is 40.9 Å². The molecule has 0 spiro atoms. The summed E-state index contributed by atoms with van der Waals surface area (Å²) in [5, 5.41) is 2.88. The number of anilines is 2. The number of aryl methyl sites for hydroxylation is 1. The van der Waals surface area contributed by atoms with Crippen molar-refractivity contribution >= 4 is 46.0 Å². The number of hydrogen-bond donors (Lipinski definition) is 2. The van der Waals surface area contributed by atoms with Crippen LogP contribution in [0.4, 0.5) is 20.3 Å². The molecule has 1 aromatic carbocycles. The van der Waals surface area contributed by atoms with Gasteiger partial charge in [0.2, 0.25) is 5.92 Å². The summed E-state index contributed by atoms with van der Waals surface area (Å²) in [5.74, 6) is -2.49. The number of carbonyl (C=O) groups is 1. The van der Waals surface area contributed by atoms with E-state index in [1.807, 2.05) is 36.9 Å². The number of aromatic nitrogens is 1. The van der Waals surface area contributed by atoms with E-state index in [0.29, 0.717) is 30.0 Å². The van der Waals surface area contributed by atoms with Crippen molar-refractivity contribution in [2.24, 2.45) is 0 Å². The highest BCUT2D eigenvalue weighted by atomic mass is 79.9. The first kappa shape index (κ1) is 23.6. The molecule has 1 N–H and O–H groups in total. The van der Waals surface area contributed by atoms with Gasteiger partial charge in [-0.2, -0.15) is 12.6 Å². The van der Waals surface area contributed by atoms with Gasteiger partial charge in [-0.15, -0.1) is 0 Å². The molecular formula is C21H26BrF2N3OS. The quantitative estimate of drug-likeness (QED) is 0.533. The fourth-order valence-electron chi connectivity index (χ4n) is 3.30. The van der Waals surface area contributed by atoms with Crippen LogP contribution in [0.2, 0.25) is 0 Å². The van der Waals surface area contributed by atoms with Crippen LogP contribution >= 0.6 is 28.6 Å². The van der Waals surface area contributed by atoms with Crippen LogP contribution in [0.3, 0.4) is 0 Å². The Labute approximate surface area is 184 Å². The van der Waals surface area contributed by atoms with E-state index in [9.17, 15) is 13.6 Å². The molecule has 29 heavy (non-hydrogen) atoms. The molecule has 3 rings (SSSR count). The first-order chi connectivity index (χ1) is 13.8. The fourth-order valence-corrected chi connectivity index (χ4v) is 3.59. The summed E-state index contributed by atoms with van der Waals surface area (Å²) in [6.07, 6.45) is 1.69. The number of para-hydroxylation sites is 1. The summed E-state index contributed by atoms with van der Waals surface area (Å²) in [6.45, 7) is 4.31. The number of nitrogens with one attached hydrogen (secondary N) is 1. The number of carbonyl (C=O) groups excluding carboxylic acids is 1. The van der Waals surface area contributed by atoms with E-state index in [2.05, 4.69) is 38.9 Å². The number of benzene rings is 1. The van der Waals surface area contributed by atoms with E-state index >= 15 is 0 Å². The maximum atomic E-state index is 13.8. The largest absolute Gasteiger partial charge is 0.356 e. The van der Waals surface area contributed by atoms with Crippen molar-refractivity contribution in [3.63, 3.8) is 0 Å². The lowest BCUT2D eigenvalue weighted by Crippen LogP contribution is -2.30. The first-order valence-corrected chi connectivity index (χ1v) is 11.1. The van der Waals surface area contributed by atoms with E-state index in [1.54, 1.807) is 18.4 Å². The lowest BCUT2D eigenvalue weighted by atomic mass is 10.1. The molecule has 0 bridgehead atoms. The highest BCUT2D eigenvalue weighted by molar-refractivity contribution is 9.10. The zero-order valence-electron chi connectivity index (χ0n) is 16.8. The van der Waals surface area contributed by atoms with Crippen molar-refractivity contribution in [1.82, 2.24) is 4.98 Å². The molecule has 1 aliphatic rings. The molecule has 0 aliphatic carbocycles. The predicted octanol–water partition coefficient (Wildman–Crippen LogP) is 5.88. The number of pyridine rings is 1. The van der Waals surface area contributed by atoms with Gasteiger partial charge in [0.25, 0.3) is 5.91 Å². The third-order valence-corrected chi connectivity index (χ3v) is 5.96.